The number of hydrogen-bond acceptors (Lipinski definition) is 2. The molecule has 1 aliphatic rings. The second-order valence-corrected chi connectivity index (χ2v) is 4.25. The molecule has 0 bridgehead atoms. The van der Waals surface area contributed by atoms with Crippen molar-refractivity contribution in [2.75, 3.05) is 5.32 Å². The standard InChI is InChI=1S/C15H11NO2/c17-14-9-12-11(7-4-8-13(12)16-14)15(18)10-5-2-1-3-6-10/h1-8H,9H2,(H,16,17). The van der Waals surface area contributed by atoms with E-state index in [1.54, 1.807) is 24.3 Å². The van der Waals surface area contributed by atoms with E-state index in [0.29, 0.717) is 11.1 Å². The van der Waals surface area contributed by atoms with Crippen LogP contribution in [-0.4, -0.2) is 11.7 Å². The van der Waals surface area contributed by atoms with Crippen LogP contribution in [0.2, 0.25) is 0 Å². The molecule has 0 unspecified atom stereocenters. The monoisotopic (exact) mass is 237 g/mol. The van der Waals surface area contributed by atoms with Crippen LogP contribution in [0.25, 0.3) is 0 Å². The van der Waals surface area contributed by atoms with Crippen molar-refractivity contribution in [3.63, 3.8) is 0 Å². The van der Waals surface area contributed by atoms with Gasteiger partial charge in [-0.05, 0) is 11.6 Å². The average Bonchev–Trinajstić information content (AvgIpc) is 2.79. The van der Waals surface area contributed by atoms with Gasteiger partial charge < -0.3 is 5.32 Å². The van der Waals surface area contributed by atoms with Gasteiger partial charge in [0.15, 0.2) is 5.78 Å². The van der Waals surface area contributed by atoms with Crippen LogP contribution in [0.3, 0.4) is 0 Å². The SMILES string of the molecule is O=C1Cc2c(cccc2C(=O)c2ccccc2)N1. The van der Waals surface area contributed by atoms with E-state index in [9.17, 15) is 9.59 Å². The van der Waals surface area contributed by atoms with Crippen molar-refractivity contribution in [1.82, 2.24) is 0 Å². The fraction of sp³-hybridized carbons (Fsp3) is 0.0667. The maximum Gasteiger partial charge on any atom is 0.228 e. The summed E-state index contributed by atoms with van der Waals surface area (Å²) in [5.41, 5.74) is 2.81. The molecule has 0 atom stereocenters. The Hall–Kier alpha value is -2.42. The first-order chi connectivity index (χ1) is 8.75. The molecule has 3 rings (SSSR count). The third-order valence-electron chi connectivity index (χ3n) is 3.07. The molecule has 2 aromatic carbocycles. The molecule has 3 nitrogen and oxygen atoms in total. The van der Waals surface area contributed by atoms with Crippen molar-refractivity contribution in [3.05, 3.63) is 65.2 Å². The molecule has 1 aliphatic heterocycles. The Morgan fingerprint density at radius 2 is 1.78 bits per heavy atom. The molecule has 0 radical (unpaired) electrons. The highest BCUT2D eigenvalue weighted by Crippen LogP contribution is 2.27. The number of nitrogens with one attached hydrogen (secondary N) is 1. The average molecular weight is 237 g/mol. The summed E-state index contributed by atoms with van der Waals surface area (Å²) in [6.07, 6.45) is 0.282. The van der Waals surface area contributed by atoms with E-state index in [4.69, 9.17) is 0 Å². The number of ketones is 1. The minimum absolute atomic E-state index is 0.0380. The highest BCUT2D eigenvalue weighted by molar-refractivity contribution is 6.13. The lowest BCUT2D eigenvalue weighted by Crippen LogP contribution is -2.05. The Morgan fingerprint density at radius 1 is 1.00 bits per heavy atom. The molecule has 0 fully saturated rings. The quantitative estimate of drug-likeness (QED) is 0.815. The minimum atomic E-state index is -0.0571. The summed E-state index contributed by atoms with van der Waals surface area (Å²) >= 11 is 0. The van der Waals surface area contributed by atoms with E-state index in [0.717, 1.165) is 11.3 Å². The molecule has 0 aliphatic carbocycles. The number of fused-ring (bicyclic) bond motifs is 1. The number of benzene rings is 2. The van der Waals surface area contributed by atoms with Crippen LogP contribution in [0.4, 0.5) is 5.69 Å². The molecular weight excluding hydrogens is 226 g/mol. The first-order valence-corrected chi connectivity index (χ1v) is 5.77. The van der Waals surface area contributed by atoms with Gasteiger partial charge in [0.25, 0.3) is 0 Å². The van der Waals surface area contributed by atoms with Crippen molar-refractivity contribution in [2.45, 2.75) is 6.42 Å². The lowest BCUT2D eigenvalue weighted by Gasteiger charge is -2.06. The fourth-order valence-electron chi connectivity index (χ4n) is 2.21. The number of carbonyl (C=O) groups is 2. The molecule has 0 saturated carbocycles. The molecule has 0 saturated heterocycles. The summed E-state index contributed by atoms with van der Waals surface area (Å²) in [6, 6.07) is 14.5. The number of anilines is 1. The van der Waals surface area contributed by atoms with Gasteiger partial charge in [0.2, 0.25) is 5.91 Å². The third-order valence-corrected chi connectivity index (χ3v) is 3.07. The van der Waals surface area contributed by atoms with Crippen molar-refractivity contribution in [2.24, 2.45) is 0 Å². The molecule has 3 heteroatoms. The van der Waals surface area contributed by atoms with Gasteiger partial charge in [0, 0.05) is 16.8 Å². The second kappa shape index (κ2) is 4.11. The molecule has 0 aromatic heterocycles. The maximum absolute atomic E-state index is 12.4. The lowest BCUT2D eigenvalue weighted by molar-refractivity contribution is -0.115. The largest absolute Gasteiger partial charge is 0.326 e. The van der Waals surface area contributed by atoms with E-state index in [2.05, 4.69) is 5.32 Å². The Bertz CT molecular complexity index is 632. The van der Waals surface area contributed by atoms with Crippen molar-refractivity contribution >= 4 is 17.4 Å². The minimum Gasteiger partial charge on any atom is -0.326 e. The summed E-state index contributed by atoms with van der Waals surface area (Å²) in [6.45, 7) is 0. The van der Waals surface area contributed by atoms with Gasteiger partial charge in [0.1, 0.15) is 0 Å². The van der Waals surface area contributed by atoms with Crippen molar-refractivity contribution < 1.29 is 9.59 Å². The molecular formula is C15H11NO2. The van der Waals surface area contributed by atoms with Crippen LogP contribution in [0.1, 0.15) is 21.5 Å². The molecule has 88 valence electrons. The van der Waals surface area contributed by atoms with Crippen LogP contribution >= 0.6 is 0 Å². The van der Waals surface area contributed by atoms with E-state index in [1.165, 1.54) is 0 Å². The van der Waals surface area contributed by atoms with Crippen molar-refractivity contribution in [1.29, 1.82) is 0 Å². The van der Waals surface area contributed by atoms with Gasteiger partial charge in [0.05, 0.1) is 6.42 Å². The van der Waals surface area contributed by atoms with E-state index < -0.39 is 0 Å². The zero-order chi connectivity index (χ0) is 12.5. The predicted octanol–water partition coefficient (Wildman–Crippen LogP) is 2.41. The topological polar surface area (TPSA) is 46.2 Å². The Morgan fingerprint density at radius 3 is 2.56 bits per heavy atom. The first-order valence-electron chi connectivity index (χ1n) is 5.77. The summed E-state index contributed by atoms with van der Waals surface area (Å²) < 4.78 is 0. The summed E-state index contributed by atoms with van der Waals surface area (Å²) in [5, 5.41) is 2.75. The number of amides is 1. The van der Waals surface area contributed by atoms with Crippen molar-refractivity contribution in [3.8, 4) is 0 Å². The van der Waals surface area contributed by atoms with E-state index in [-0.39, 0.29) is 18.1 Å². The smallest absolute Gasteiger partial charge is 0.228 e. The summed E-state index contributed by atoms with van der Waals surface area (Å²) in [4.78, 5) is 23.8. The zero-order valence-electron chi connectivity index (χ0n) is 9.64. The van der Waals surface area contributed by atoms with Crippen LogP contribution in [0.5, 0.6) is 0 Å². The van der Waals surface area contributed by atoms with Gasteiger partial charge in [-0.2, -0.15) is 0 Å². The molecule has 2 aromatic rings. The Kier molecular flexibility index (Phi) is 2.45. The van der Waals surface area contributed by atoms with E-state index in [1.807, 2.05) is 24.3 Å². The van der Waals surface area contributed by atoms with Crippen LogP contribution < -0.4 is 5.32 Å². The van der Waals surface area contributed by atoms with E-state index >= 15 is 0 Å². The first kappa shape index (κ1) is 10.7. The molecule has 1 N–H and O–H groups in total. The summed E-state index contributed by atoms with van der Waals surface area (Å²) in [7, 11) is 0. The van der Waals surface area contributed by atoms with Gasteiger partial charge >= 0.3 is 0 Å². The fourth-order valence-corrected chi connectivity index (χ4v) is 2.21. The van der Waals surface area contributed by atoms with Crippen LogP contribution in [0, 0.1) is 0 Å². The Labute approximate surface area is 104 Å². The Balaban J connectivity index is 2.07. The second-order valence-electron chi connectivity index (χ2n) is 4.25. The molecule has 0 spiro atoms. The third kappa shape index (κ3) is 1.70. The van der Waals surface area contributed by atoms with Gasteiger partial charge in [-0.25, -0.2) is 0 Å². The number of hydrogen-bond donors (Lipinski definition) is 1. The number of rotatable bonds is 2. The van der Waals surface area contributed by atoms with Crippen LogP contribution in [-0.2, 0) is 11.2 Å². The normalized spacial score (nSPS) is 13.0. The molecule has 18 heavy (non-hydrogen) atoms. The number of carbonyl (C=O) groups excluding carboxylic acids is 2. The lowest BCUT2D eigenvalue weighted by atomic mass is 9.97. The highest BCUT2D eigenvalue weighted by atomic mass is 16.2. The van der Waals surface area contributed by atoms with Crippen LogP contribution in [0.15, 0.2) is 48.5 Å². The summed E-state index contributed by atoms with van der Waals surface area (Å²) in [5.74, 6) is -0.0951. The molecule has 1 heterocycles. The zero-order valence-corrected chi connectivity index (χ0v) is 9.64. The van der Waals surface area contributed by atoms with Gasteiger partial charge in [-0.1, -0.05) is 42.5 Å². The van der Waals surface area contributed by atoms with Gasteiger partial charge in [-0.15, -0.1) is 0 Å². The highest BCUT2D eigenvalue weighted by Gasteiger charge is 2.23. The van der Waals surface area contributed by atoms with Gasteiger partial charge in [-0.3, -0.25) is 9.59 Å². The maximum atomic E-state index is 12.4. The predicted molar refractivity (Wildman–Crippen MR) is 68.7 cm³/mol. The molecule has 1 amide bonds.